The van der Waals surface area contributed by atoms with Crippen LogP contribution in [0.4, 0.5) is 5.69 Å². The molecule has 0 atom stereocenters. The summed E-state index contributed by atoms with van der Waals surface area (Å²) in [5.41, 5.74) is 4.04. The van der Waals surface area contributed by atoms with Crippen LogP contribution in [0.5, 0.6) is 0 Å². The van der Waals surface area contributed by atoms with E-state index < -0.39 is 0 Å². The van der Waals surface area contributed by atoms with Crippen molar-refractivity contribution in [2.45, 2.75) is 19.3 Å². The third-order valence-corrected chi connectivity index (χ3v) is 3.82. The minimum Gasteiger partial charge on any atom is -0.306 e. The van der Waals surface area contributed by atoms with Crippen LogP contribution in [-0.2, 0) is 6.42 Å². The maximum absolute atomic E-state index is 4.80. The van der Waals surface area contributed by atoms with Gasteiger partial charge in [-0.2, -0.15) is 0 Å². The van der Waals surface area contributed by atoms with E-state index in [1.54, 1.807) is 0 Å². The molecular weight excluding hydrogens is 196 g/mol. The highest BCUT2D eigenvalue weighted by Crippen LogP contribution is 2.31. The molecule has 2 heterocycles. The summed E-state index contributed by atoms with van der Waals surface area (Å²) in [5, 5.41) is 0. The van der Waals surface area contributed by atoms with Crippen molar-refractivity contribution in [3.8, 4) is 0 Å². The van der Waals surface area contributed by atoms with E-state index in [-0.39, 0.29) is 0 Å². The normalized spacial score (nSPS) is 21.9. The fourth-order valence-electron chi connectivity index (χ4n) is 2.74. The van der Waals surface area contributed by atoms with E-state index in [2.05, 4.69) is 36.2 Å². The van der Waals surface area contributed by atoms with Crippen molar-refractivity contribution in [1.29, 1.82) is 0 Å². The van der Waals surface area contributed by atoms with Crippen molar-refractivity contribution in [3.63, 3.8) is 0 Å². The van der Waals surface area contributed by atoms with Gasteiger partial charge in [0, 0.05) is 18.1 Å². The van der Waals surface area contributed by atoms with Crippen LogP contribution in [0.3, 0.4) is 0 Å². The van der Waals surface area contributed by atoms with Crippen LogP contribution >= 0.6 is 0 Å². The van der Waals surface area contributed by atoms with Gasteiger partial charge in [-0.3, -0.25) is 4.99 Å². The molecule has 3 rings (SSSR count). The topological polar surface area (TPSA) is 15.6 Å². The lowest BCUT2D eigenvalue weighted by molar-refractivity contribution is 0.251. The van der Waals surface area contributed by atoms with Crippen molar-refractivity contribution in [2.24, 2.45) is 10.9 Å². The number of aliphatic imine (C=N–C) groups is 1. The van der Waals surface area contributed by atoms with Gasteiger partial charge in [-0.05, 0) is 44.6 Å². The molecule has 1 aromatic carbocycles. The van der Waals surface area contributed by atoms with Crippen LogP contribution in [-0.4, -0.2) is 30.7 Å². The number of para-hydroxylation sites is 1. The number of hydrogen-bond acceptors (Lipinski definition) is 2. The zero-order chi connectivity index (χ0) is 11.0. The standard InChI is InChI=1S/C14H18N2/c1-16-8-6-11(7-9-16)14-10-12-4-2-3-5-13(12)15-14/h2-5,11H,6-10H2,1H3. The molecule has 1 aromatic rings. The molecule has 2 aliphatic rings. The summed E-state index contributed by atoms with van der Waals surface area (Å²) < 4.78 is 0. The molecular formula is C14H18N2. The van der Waals surface area contributed by atoms with Crippen molar-refractivity contribution in [3.05, 3.63) is 29.8 Å². The van der Waals surface area contributed by atoms with E-state index >= 15 is 0 Å². The first kappa shape index (κ1) is 10.0. The van der Waals surface area contributed by atoms with Gasteiger partial charge in [-0.15, -0.1) is 0 Å². The van der Waals surface area contributed by atoms with Crippen LogP contribution in [0.2, 0.25) is 0 Å². The lowest BCUT2D eigenvalue weighted by Gasteiger charge is -2.28. The predicted molar refractivity (Wildman–Crippen MR) is 67.5 cm³/mol. The maximum atomic E-state index is 4.80. The van der Waals surface area contributed by atoms with Crippen molar-refractivity contribution < 1.29 is 0 Å². The predicted octanol–water partition coefficient (Wildman–Crippen LogP) is 2.66. The molecule has 0 saturated carbocycles. The number of hydrogen-bond donors (Lipinski definition) is 0. The van der Waals surface area contributed by atoms with E-state index in [1.807, 2.05) is 0 Å². The summed E-state index contributed by atoms with van der Waals surface area (Å²) in [5.74, 6) is 0.726. The van der Waals surface area contributed by atoms with Crippen LogP contribution in [0.15, 0.2) is 29.3 Å². The minimum absolute atomic E-state index is 0.726. The molecule has 0 N–H and O–H groups in total. The number of nitrogens with zero attached hydrogens (tertiary/aromatic N) is 2. The molecule has 2 heteroatoms. The van der Waals surface area contributed by atoms with E-state index in [4.69, 9.17) is 4.99 Å². The molecule has 0 aromatic heterocycles. The van der Waals surface area contributed by atoms with Gasteiger partial charge >= 0.3 is 0 Å². The minimum atomic E-state index is 0.726. The Kier molecular flexibility index (Phi) is 2.52. The number of benzene rings is 1. The highest BCUT2D eigenvalue weighted by molar-refractivity contribution is 5.95. The Morgan fingerprint density at radius 1 is 1.19 bits per heavy atom. The van der Waals surface area contributed by atoms with Crippen molar-refractivity contribution in [1.82, 2.24) is 4.90 Å². The number of piperidine rings is 1. The van der Waals surface area contributed by atoms with Crippen molar-refractivity contribution in [2.75, 3.05) is 20.1 Å². The highest BCUT2D eigenvalue weighted by Gasteiger charge is 2.25. The molecule has 2 aliphatic heterocycles. The number of fused-ring (bicyclic) bond motifs is 1. The lowest BCUT2D eigenvalue weighted by Crippen LogP contribution is -2.33. The summed E-state index contributed by atoms with van der Waals surface area (Å²) >= 11 is 0. The quantitative estimate of drug-likeness (QED) is 0.701. The molecule has 0 bridgehead atoms. The van der Waals surface area contributed by atoms with Crippen LogP contribution < -0.4 is 0 Å². The third kappa shape index (κ3) is 1.78. The highest BCUT2D eigenvalue weighted by atomic mass is 15.1. The molecule has 2 nitrogen and oxygen atoms in total. The lowest BCUT2D eigenvalue weighted by atomic mass is 9.90. The summed E-state index contributed by atoms with van der Waals surface area (Å²) in [6, 6.07) is 8.55. The summed E-state index contributed by atoms with van der Waals surface area (Å²) in [6.45, 7) is 2.44. The van der Waals surface area contributed by atoms with Gasteiger partial charge in [0.25, 0.3) is 0 Å². The first-order valence-corrected chi connectivity index (χ1v) is 6.17. The van der Waals surface area contributed by atoms with Gasteiger partial charge in [-0.1, -0.05) is 18.2 Å². The van der Waals surface area contributed by atoms with Gasteiger partial charge in [0.05, 0.1) is 5.69 Å². The molecule has 16 heavy (non-hydrogen) atoms. The molecule has 0 unspecified atom stereocenters. The zero-order valence-corrected chi connectivity index (χ0v) is 9.82. The third-order valence-electron chi connectivity index (χ3n) is 3.82. The Hall–Kier alpha value is -1.15. The number of rotatable bonds is 1. The summed E-state index contributed by atoms with van der Waals surface area (Å²) in [7, 11) is 2.21. The molecule has 1 saturated heterocycles. The monoisotopic (exact) mass is 214 g/mol. The molecule has 0 radical (unpaired) electrons. The zero-order valence-electron chi connectivity index (χ0n) is 9.82. The fraction of sp³-hybridized carbons (Fsp3) is 0.500. The number of likely N-dealkylation sites (tertiary alicyclic amines) is 1. The van der Waals surface area contributed by atoms with E-state index in [1.165, 1.54) is 42.9 Å². The van der Waals surface area contributed by atoms with E-state index in [9.17, 15) is 0 Å². The van der Waals surface area contributed by atoms with Crippen LogP contribution in [0, 0.1) is 5.92 Å². The fourth-order valence-corrected chi connectivity index (χ4v) is 2.74. The van der Waals surface area contributed by atoms with Crippen LogP contribution in [0.1, 0.15) is 18.4 Å². The Morgan fingerprint density at radius 3 is 2.69 bits per heavy atom. The Balaban J connectivity index is 1.75. The second kappa shape index (κ2) is 4.02. The van der Waals surface area contributed by atoms with Gasteiger partial charge in [0.15, 0.2) is 0 Å². The molecule has 84 valence electrons. The summed E-state index contributed by atoms with van der Waals surface area (Å²) in [6.07, 6.45) is 3.65. The molecule has 0 amide bonds. The Bertz CT molecular complexity index is 414. The first-order chi connectivity index (χ1) is 7.83. The SMILES string of the molecule is CN1CCC(C2=Nc3ccccc3C2)CC1. The largest absolute Gasteiger partial charge is 0.306 e. The van der Waals surface area contributed by atoms with Crippen molar-refractivity contribution >= 4 is 11.4 Å². The summed E-state index contributed by atoms with van der Waals surface area (Å²) in [4.78, 5) is 7.21. The second-order valence-electron chi connectivity index (χ2n) is 4.99. The average Bonchev–Trinajstić information content (AvgIpc) is 2.73. The Morgan fingerprint density at radius 2 is 1.94 bits per heavy atom. The van der Waals surface area contributed by atoms with E-state index in [0.29, 0.717) is 0 Å². The maximum Gasteiger partial charge on any atom is 0.0665 e. The van der Waals surface area contributed by atoms with Gasteiger partial charge in [0.1, 0.15) is 0 Å². The average molecular weight is 214 g/mol. The first-order valence-electron chi connectivity index (χ1n) is 6.17. The van der Waals surface area contributed by atoms with Gasteiger partial charge < -0.3 is 4.90 Å². The van der Waals surface area contributed by atoms with Crippen LogP contribution in [0.25, 0.3) is 0 Å². The molecule has 1 fully saturated rings. The van der Waals surface area contributed by atoms with Gasteiger partial charge in [-0.25, -0.2) is 0 Å². The van der Waals surface area contributed by atoms with E-state index in [0.717, 1.165) is 12.3 Å². The molecule has 0 spiro atoms. The smallest absolute Gasteiger partial charge is 0.0665 e. The van der Waals surface area contributed by atoms with Gasteiger partial charge in [0.2, 0.25) is 0 Å². The molecule has 0 aliphatic carbocycles. The Labute approximate surface area is 97.0 Å². The second-order valence-corrected chi connectivity index (χ2v) is 4.99.